The molecule has 0 saturated heterocycles. The summed E-state index contributed by atoms with van der Waals surface area (Å²) < 4.78 is 21.5. The Kier molecular flexibility index (Phi) is 4.13. The maximum Gasteiger partial charge on any atom is 0.211 e. The van der Waals surface area contributed by atoms with Crippen molar-refractivity contribution in [2.24, 2.45) is 0 Å². The molecule has 99 valence electrons. The third kappa shape index (κ3) is 2.91. The summed E-state index contributed by atoms with van der Waals surface area (Å²) in [5, 5.41) is 0. The number of rotatable bonds is 5. The SMILES string of the molecule is COc1cc(OC)c(Oc2[c]cccc2)c(OC)c1. The molecule has 0 aliphatic heterocycles. The van der Waals surface area contributed by atoms with Gasteiger partial charge >= 0.3 is 0 Å². The molecule has 0 aliphatic rings. The number of hydrogen-bond acceptors (Lipinski definition) is 4. The molecule has 0 saturated carbocycles. The van der Waals surface area contributed by atoms with Gasteiger partial charge in [-0.1, -0.05) is 18.2 Å². The number of para-hydroxylation sites is 1. The van der Waals surface area contributed by atoms with Crippen molar-refractivity contribution >= 4 is 0 Å². The first-order valence-electron chi connectivity index (χ1n) is 5.73. The molecule has 19 heavy (non-hydrogen) atoms. The monoisotopic (exact) mass is 259 g/mol. The van der Waals surface area contributed by atoms with Crippen molar-refractivity contribution in [1.82, 2.24) is 0 Å². The summed E-state index contributed by atoms with van der Waals surface area (Å²) in [7, 11) is 4.71. The Morgan fingerprint density at radius 3 is 2.05 bits per heavy atom. The van der Waals surface area contributed by atoms with Crippen LogP contribution in [0.15, 0.2) is 36.4 Å². The minimum atomic E-state index is 0.494. The molecule has 2 aromatic rings. The van der Waals surface area contributed by atoms with Gasteiger partial charge in [0.05, 0.1) is 21.3 Å². The summed E-state index contributed by atoms with van der Waals surface area (Å²) in [4.78, 5) is 0. The molecule has 0 N–H and O–H groups in total. The number of benzene rings is 2. The van der Waals surface area contributed by atoms with Crippen LogP contribution in [0.3, 0.4) is 0 Å². The Bertz CT molecular complexity index is 512. The highest BCUT2D eigenvalue weighted by Gasteiger charge is 2.15. The van der Waals surface area contributed by atoms with Crippen LogP contribution in [0.2, 0.25) is 0 Å². The van der Waals surface area contributed by atoms with Crippen LogP contribution in [0.5, 0.6) is 28.7 Å². The summed E-state index contributed by atoms with van der Waals surface area (Å²) in [6.07, 6.45) is 0. The van der Waals surface area contributed by atoms with Gasteiger partial charge in [-0.25, -0.2) is 0 Å². The Labute approximate surface area is 112 Å². The third-order valence-corrected chi connectivity index (χ3v) is 2.56. The van der Waals surface area contributed by atoms with Gasteiger partial charge in [-0.3, -0.25) is 0 Å². The minimum Gasteiger partial charge on any atom is -0.496 e. The van der Waals surface area contributed by atoms with Crippen molar-refractivity contribution in [1.29, 1.82) is 0 Å². The quantitative estimate of drug-likeness (QED) is 0.825. The molecular formula is C15H15O4. The zero-order valence-electron chi connectivity index (χ0n) is 11.1. The van der Waals surface area contributed by atoms with Gasteiger partial charge in [0.25, 0.3) is 0 Å². The lowest BCUT2D eigenvalue weighted by molar-refractivity contribution is 0.337. The average molecular weight is 259 g/mol. The number of ether oxygens (including phenoxy) is 4. The smallest absolute Gasteiger partial charge is 0.211 e. The van der Waals surface area contributed by atoms with E-state index in [0.29, 0.717) is 28.7 Å². The zero-order valence-corrected chi connectivity index (χ0v) is 11.1. The fourth-order valence-electron chi connectivity index (χ4n) is 1.62. The summed E-state index contributed by atoms with van der Waals surface area (Å²) >= 11 is 0. The van der Waals surface area contributed by atoms with Crippen molar-refractivity contribution in [3.63, 3.8) is 0 Å². The van der Waals surface area contributed by atoms with E-state index in [9.17, 15) is 0 Å². The third-order valence-electron chi connectivity index (χ3n) is 2.56. The molecule has 2 rings (SSSR count). The van der Waals surface area contributed by atoms with Crippen molar-refractivity contribution in [3.05, 3.63) is 42.5 Å². The summed E-state index contributed by atoms with van der Waals surface area (Å²) in [5.41, 5.74) is 0. The second-order valence-electron chi connectivity index (χ2n) is 3.69. The average Bonchev–Trinajstić information content (AvgIpc) is 2.48. The first-order valence-corrected chi connectivity index (χ1v) is 5.73. The summed E-state index contributed by atoms with van der Waals surface area (Å²) in [6, 6.07) is 13.8. The molecule has 0 unspecified atom stereocenters. The van der Waals surface area contributed by atoms with E-state index in [2.05, 4.69) is 6.07 Å². The van der Waals surface area contributed by atoms with Crippen LogP contribution in [0.1, 0.15) is 0 Å². The van der Waals surface area contributed by atoms with E-state index in [-0.39, 0.29) is 0 Å². The largest absolute Gasteiger partial charge is 0.496 e. The van der Waals surface area contributed by atoms with Crippen LogP contribution in [0.25, 0.3) is 0 Å². The maximum absolute atomic E-state index is 5.76. The standard InChI is InChI=1S/C15H15O4/c1-16-12-9-13(17-2)15(14(10-12)18-3)19-11-7-5-4-6-8-11/h4-7,9-10H,1-3H3. The van der Waals surface area contributed by atoms with Gasteiger partial charge in [0.15, 0.2) is 11.5 Å². The van der Waals surface area contributed by atoms with E-state index >= 15 is 0 Å². The van der Waals surface area contributed by atoms with E-state index in [1.54, 1.807) is 39.5 Å². The van der Waals surface area contributed by atoms with Crippen molar-refractivity contribution in [2.75, 3.05) is 21.3 Å². The molecule has 4 nitrogen and oxygen atoms in total. The molecule has 0 fully saturated rings. The van der Waals surface area contributed by atoms with Crippen molar-refractivity contribution in [3.8, 4) is 28.7 Å². The molecule has 0 aliphatic carbocycles. The molecule has 0 atom stereocenters. The lowest BCUT2D eigenvalue weighted by Crippen LogP contribution is -1.96. The molecule has 1 radical (unpaired) electrons. The predicted molar refractivity (Wildman–Crippen MR) is 71.5 cm³/mol. The van der Waals surface area contributed by atoms with E-state index in [1.807, 2.05) is 18.2 Å². The summed E-state index contributed by atoms with van der Waals surface area (Å²) in [6.45, 7) is 0. The van der Waals surface area contributed by atoms with Gasteiger partial charge in [0, 0.05) is 18.2 Å². The van der Waals surface area contributed by atoms with Crippen LogP contribution in [0.4, 0.5) is 0 Å². The lowest BCUT2D eigenvalue weighted by atomic mass is 10.2. The molecule has 0 amide bonds. The molecule has 0 spiro atoms. The molecule has 0 aromatic heterocycles. The number of methoxy groups -OCH3 is 3. The fourth-order valence-corrected chi connectivity index (χ4v) is 1.62. The fraction of sp³-hybridized carbons (Fsp3) is 0.200. The van der Waals surface area contributed by atoms with E-state index in [4.69, 9.17) is 18.9 Å². The topological polar surface area (TPSA) is 36.9 Å². The normalized spacial score (nSPS) is 9.84. The molecule has 0 heterocycles. The Hall–Kier alpha value is -2.36. The van der Waals surface area contributed by atoms with Gasteiger partial charge < -0.3 is 18.9 Å². The minimum absolute atomic E-state index is 0.494. The zero-order chi connectivity index (χ0) is 13.7. The highest BCUT2D eigenvalue weighted by Crippen LogP contribution is 2.43. The Morgan fingerprint density at radius 1 is 0.895 bits per heavy atom. The van der Waals surface area contributed by atoms with Gasteiger partial charge in [0.1, 0.15) is 11.5 Å². The van der Waals surface area contributed by atoms with Gasteiger partial charge in [-0.15, -0.1) is 0 Å². The van der Waals surface area contributed by atoms with Gasteiger partial charge in [0.2, 0.25) is 5.75 Å². The van der Waals surface area contributed by atoms with E-state index in [1.165, 1.54) is 0 Å². The second-order valence-corrected chi connectivity index (χ2v) is 3.69. The first-order chi connectivity index (χ1) is 9.28. The van der Waals surface area contributed by atoms with Gasteiger partial charge in [-0.05, 0) is 6.07 Å². The number of hydrogen-bond donors (Lipinski definition) is 0. The highest BCUT2D eigenvalue weighted by molar-refractivity contribution is 5.57. The van der Waals surface area contributed by atoms with Crippen LogP contribution < -0.4 is 18.9 Å². The van der Waals surface area contributed by atoms with Crippen LogP contribution >= 0.6 is 0 Å². The Balaban J connectivity index is 2.42. The molecular weight excluding hydrogens is 244 g/mol. The van der Waals surface area contributed by atoms with Crippen molar-refractivity contribution < 1.29 is 18.9 Å². The summed E-state index contributed by atoms with van der Waals surface area (Å²) in [5.74, 6) is 2.79. The molecule has 2 aromatic carbocycles. The van der Waals surface area contributed by atoms with E-state index < -0.39 is 0 Å². The first kappa shape index (κ1) is 13.1. The van der Waals surface area contributed by atoms with Crippen LogP contribution in [-0.4, -0.2) is 21.3 Å². The maximum atomic E-state index is 5.76. The second kappa shape index (κ2) is 6.00. The lowest BCUT2D eigenvalue weighted by Gasteiger charge is -2.15. The highest BCUT2D eigenvalue weighted by atomic mass is 16.5. The Morgan fingerprint density at radius 2 is 1.58 bits per heavy atom. The van der Waals surface area contributed by atoms with Crippen LogP contribution in [-0.2, 0) is 0 Å². The van der Waals surface area contributed by atoms with Crippen LogP contribution in [0, 0.1) is 6.07 Å². The van der Waals surface area contributed by atoms with Crippen molar-refractivity contribution in [2.45, 2.75) is 0 Å². The predicted octanol–water partition coefficient (Wildman–Crippen LogP) is 3.30. The molecule has 4 heteroatoms. The van der Waals surface area contributed by atoms with Gasteiger partial charge in [-0.2, -0.15) is 0 Å². The molecule has 0 bridgehead atoms. The van der Waals surface area contributed by atoms with E-state index in [0.717, 1.165) is 0 Å².